The van der Waals surface area contributed by atoms with E-state index in [1.807, 2.05) is 18.2 Å². The second-order valence-electron chi connectivity index (χ2n) is 6.54. The van der Waals surface area contributed by atoms with Crippen LogP contribution in [-0.2, 0) is 22.6 Å². The Bertz CT molecular complexity index is 742. The smallest absolute Gasteiger partial charge is 0.220 e. The van der Waals surface area contributed by atoms with Crippen molar-refractivity contribution in [2.24, 2.45) is 0 Å². The summed E-state index contributed by atoms with van der Waals surface area (Å²) in [5, 5.41) is 5.85. The fourth-order valence-electron chi connectivity index (χ4n) is 2.93. The van der Waals surface area contributed by atoms with Gasteiger partial charge in [-0.25, -0.2) is 4.98 Å². The van der Waals surface area contributed by atoms with E-state index in [0.717, 1.165) is 43.5 Å². The number of rotatable bonds is 9. The fraction of sp³-hybridized carbons (Fsp3) is 0.450. The van der Waals surface area contributed by atoms with Gasteiger partial charge in [-0.15, -0.1) is 11.3 Å². The zero-order valence-corrected chi connectivity index (χ0v) is 16.2. The highest BCUT2D eigenvalue weighted by Gasteiger charge is 2.13. The average Bonchev–Trinajstić information content (AvgIpc) is 3.15. The summed E-state index contributed by atoms with van der Waals surface area (Å²) < 4.78 is 5.35. The summed E-state index contributed by atoms with van der Waals surface area (Å²) >= 11 is 1.57. The SMILES string of the molecule is O=C(CCCC(=O)c1ccccc1)NCc1nc(CN2CCOCC2)cs1. The van der Waals surface area contributed by atoms with E-state index >= 15 is 0 Å². The molecule has 0 radical (unpaired) electrons. The van der Waals surface area contributed by atoms with Crippen molar-refractivity contribution in [3.63, 3.8) is 0 Å². The van der Waals surface area contributed by atoms with Crippen LogP contribution in [0.4, 0.5) is 0 Å². The van der Waals surface area contributed by atoms with Gasteiger partial charge in [0.15, 0.2) is 5.78 Å². The second-order valence-corrected chi connectivity index (χ2v) is 7.48. The number of carbonyl (C=O) groups excluding carboxylic acids is 2. The lowest BCUT2D eigenvalue weighted by Gasteiger charge is -2.25. The number of aromatic nitrogens is 1. The molecule has 0 unspecified atom stereocenters. The van der Waals surface area contributed by atoms with E-state index in [1.54, 1.807) is 23.5 Å². The Hall–Kier alpha value is -2.09. The van der Waals surface area contributed by atoms with Gasteiger partial charge in [-0.3, -0.25) is 14.5 Å². The quantitative estimate of drug-likeness (QED) is 0.670. The molecule has 3 rings (SSSR count). The number of carbonyl (C=O) groups is 2. The summed E-state index contributed by atoms with van der Waals surface area (Å²) in [6.45, 7) is 4.70. The summed E-state index contributed by atoms with van der Waals surface area (Å²) in [6.07, 6.45) is 1.29. The second kappa shape index (κ2) is 10.3. The lowest BCUT2D eigenvalue weighted by Crippen LogP contribution is -2.35. The number of hydrogen-bond acceptors (Lipinski definition) is 6. The highest BCUT2D eigenvalue weighted by molar-refractivity contribution is 7.09. The van der Waals surface area contributed by atoms with E-state index in [2.05, 4.69) is 20.6 Å². The van der Waals surface area contributed by atoms with Crippen LogP contribution in [0.1, 0.15) is 40.3 Å². The number of Topliss-reactive ketones (excluding diaryl/α,β-unsaturated/α-hetero) is 1. The highest BCUT2D eigenvalue weighted by Crippen LogP contribution is 2.13. The number of nitrogens with zero attached hydrogens (tertiary/aromatic N) is 2. The van der Waals surface area contributed by atoms with Gasteiger partial charge in [0, 0.05) is 43.4 Å². The maximum Gasteiger partial charge on any atom is 0.220 e. The highest BCUT2D eigenvalue weighted by atomic mass is 32.1. The van der Waals surface area contributed by atoms with Gasteiger partial charge >= 0.3 is 0 Å². The van der Waals surface area contributed by atoms with Gasteiger partial charge in [-0.2, -0.15) is 0 Å². The van der Waals surface area contributed by atoms with Crippen molar-refractivity contribution in [3.8, 4) is 0 Å². The summed E-state index contributed by atoms with van der Waals surface area (Å²) in [5.41, 5.74) is 1.74. The van der Waals surface area contributed by atoms with Crippen molar-refractivity contribution in [2.45, 2.75) is 32.4 Å². The van der Waals surface area contributed by atoms with E-state index in [1.165, 1.54) is 0 Å². The largest absolute Gasteiger partial charge is 0.379 e. The maximum absolute atomic E-state index is 12.0. The number of morpholine rings is 1. The summed E-state index contributed by atoms with van der Waals surface area (Å²) in [6, 6.07) is 9.19. The van der Waals surface area contributed by atoms with Crippen LogP contribution in [0, 0.1) is 0 Å². The third-order valence-corrected chi connectivity index (χ3v) is 5.33. The number of ether oxygens (including phenoxy) is 1. The minimum absolute atomic E-state index is 0.0409. The zero-order chi connectivity index (χ0) is 18.9. The molecule has 6 nitrogen and oxygen atoms in total. The van der Waals surface area contributed by atoms with Crippen LogP contribution in [0.3, 0.4) is 0 Å². The molecule has 0 bridgehead atoms. The van der Waals surface area contributed by atoms with Gasteiger partial charge in [0.2, 0.25) is 5.91 Å². The van der Waals surface area contributed by atoms with Crippen LogP contribution in [0.15, 0.2) is 35.7 Å². The van der Waals surface area contributed by atoms with Crippen LogP contribution in [-0.4, -0.2) is 47.9 Å². The third-order valence-electron chi connectivity index (χ3n) is 4.43. The summed E-state index contributed by atoms with van der Waals surface area (Å²) in [5.74, 6) is 0.0388. The fourth-order valence-corrected chi connectivity index (χ4v) is 3.66. The molecule has 2 aromatic rings. The van der Waals surface area contributed by atoms with Gasteiger partial charge in [0.1, 0.15) is 5.01 Å². The molecule has 27 heavy (non-hydrogen) atoms. The Kier molecular flexibility index (Phi) is 7.50. The molecule has 2 heterocycles. The topological polar surface area (TPSA) is 71.5 Å². The number of amides is 1. The molecule has 1 fully saturated rings. The van der Waals surface area contributed by atoms with Crippen LogP contribution >= 0.6 is 11.3 Å². The van der Waals surface area contributed by atoms with Gasteiger partial charge < -0.3 is 10.1 Å². The number of ketones is 1. The van der Waals surface area contributed by atoms with Crippen molar-refractivity contribution in [3.05, 3.63) is 52.0 Å². The molecule has 1 saturated heterocycles. The molecule has 1 aliphatic rings. The minimum atomic E-state index is -0.0409. The molecule has 0 atom stereocenters. The number of hydrogen-bond donors (Lipinski definition) is 1. The van der Waals surface area contributed by atoms with Crippen molar-refractivity contribution < 1.29 is 14.3 Å². The molecule has 0 aliphatic carbocycles. The Morgan fingerprint density at radius 1 is 1.15 bits per heavy atom. The van der Waals surface area contributed by atoms with E-state index in [0.29, 0.717) is 31.4 Å². The number of thiazole rings is 1. The molecule has 1 aromatic carbocycles. The van der Waals surface area contributed by atoms with Crippen LogP contribution in [0.5, 0.6) is 0 Å². The first-order valence-corrected chi connectivity index (χ1v) is 10.2. The minimum Gasteiger partial charge on any atom is -0.379 e. The van der Waals surface area contributed by atoms with Crippen molar-refractivity contribution in [1.82, 2.24) is 15.2 Å². The zero-order valence-electron chi connectivity index (χ0n) is 15.4. The van der Waals surface area contributed by atoms with E-state index in [9.17, 15) is 9.59 Å². The predicted octanol–water partition coefficient (Wildman–Crippen LogP) is 2.64. The first-order valence-electron chi connectivity index (χ1n) is 9.29. The Morgan fingerprint density at radius 3 is 2.70 bits per heavy atom. The van der Waals surface area contributed by atoms with Crippen LogP contribution in [0.25, 0.3) is 0 Å². The van der Waals surface area contributed by atoms with Crippen LogP contribution in [0.2, 0.25) is 0 Å². The molecule has 0 spiro atoms. The first-order chi connectivity index (χ1) is 13.2. The Morgan fingerprint density at radius 2 is 1.93 bits per heavy atom. The monoisotopic (exact) mass is 387 g/mol. The van der Waals surface area contributed by atoms with Crippen molar-refractivity contribution in [2.75, 3.05) is 26.3 Å². The summed E-state index contributed by atoms with van der Waals surface area (Å²) in [4.78, 5) is 30.9. The lowest BCUT2D eigenvalue weighted by molar-refractivity contribution is -0.121. The van der Waals surface area contributed by atoms with E-state index < -0.39 is 0 Å². The molecule has 0 saturated carbocycles. The van der Waals surface area contributed by atoms with Gasteiger partial charge in [-0.1, -0.05) is 30.3 Å². The number of nitrogens with one attached hydrogen (secondary N) is 1. The van der Waals surface area contributed by atoms with Crippen molar-refractivity contribution in [1.29, 1.82) is 0 Å². The molecule has 1 aromatic heterocycles. The molecule has 144 valence electrons. The predicted molar refractivity (Wildman–Crippen MR) is 105 cm³/mol. The lowest BCUT2D eigenvalue weighted by atomic mass is 10.1. The number of benzene rings is 1. The standard InChI is InChI=1S/C20H25N3O3S/c24-18(16-5-2-1-3-6-16)7-4-8-19(25)21-13-20-22-17(15-27-20)14-23-9-11-26-12-10-23/h1-3,5-6,15H,4,7-14H2,(H,21,25). The Labute approximate surface area is 163 Å². The van der Waals surface area contributed by atoms with Crippen LogP contribution < -0.4 is 5.32 Å². The van der Waals surface area contributed by atoms with E-state index in [-0.39, 0.29) is 11.7 Å². The van der Waals surface area contributed by atoms with Crippen molar-refractivity contribution >= 4 is 23.0 Å². The molecule has 1 amide bonds. The van der Waals surface area contributed by atoms with Gasteiger partial charge in [0.05, 0.1) is 25.5 Å². The van der Waals surface area contributed by atoms with Gasteiger partial charge in [0.25, 0.3) is 0 Å². The van der Waals surface area contributed by atoms with E-state index in [4.69, 9.17) is 4.74 Å². The Balaban J connectivity index is 1.33. The molecule has 1 N–H and O–H groups in total. The molecular formula is C20H25N3O3S. The average molecular weight is 388 g/mol. The summed E-state index contributed by atoms with van der Waals surface area (Å²) in [7, 11) is 0. The molecule has 7 heteroatoms. The third kappa shape index (κ3) is 6.53. The normalized spacial score (nSPS) is 14.8. The maximum atomic E-state index is 12.0. The molecular weight excluding hydrogens is 362 g/mol. The molecule has 1 aliphatic heterocycles. The first kappa shape index (κ1) is 19.7. The van der Waals surface area contributed by atoms with Gasteiger partial charge in [-0.05, 0) is 6.42 Å².